The summed E-state index contributed by atoms with van der Waals surface area (Å²) in [6, 6.07) is 16.1. The van der Waals surface area contributed by atoms with Crippen molar-refractivity contribution >= 4 is 27.3 Å². The van der Waals surface area contributed by atoms with Gasteiger partial charge in [-0.15, -0.1) is 11.3 Å². The smallest absolute Gasteiger partial charge is 0.264 e. The first-order valence-electron chi connectivity index (χ1n) is 10.6. The molecule has 1 aliphatic heterocycles. The van der Waals surface area contributed by atoms with Crippen molar-refractivity contribution in [1.82, 2.24) is 15.8 Å². The van der Waals surface area contributed by atoms with Gasteiger partial charge >= 0.3 is 0 Å². The highest BCUT2D eigenvalue weighted by molar-refractivity contribution is 7.21. The molecule has 0 bridgehead atoms. The molecule has 164 valence electrons. The molecule has 5 nitrogen and oxygen atoms in total. The van der Waals surface area contributed by atoms with E-state index in [1.165, 1.54) is 23.0 Å². The molecular weight excluding hydrogens is 413 g/mol. The molecule has 2 N–H and O–H groups in total. The molecule has 3 aromatic rings. The van der Waals surface area contributed by atoms with Crippen LogP contribution in [-0.2, 0) is 11.3 Å². The van der Waals surface area contributed by atoms with Gasteiger partial charge in [-0.1, -0.05) is 36.4 Å². The van der Waals surface area contributed by atoms with Crippen molar-refractivity contribution in [3.05, 3.63) is 70.4 Å². The SMILES string of the molecule is COCc1c(C(=O)N(C)CCCC2CC(c3ccccc3)NN2)sc2cccc(F)c12. The molecule has 2 atom stereocenters. The molecule has 4 rings (SSSR count). The number of carbonyl (C=O) groups excluding carboxylic acids is 1. The molecule has 2 aromatic carbocycles. The van der Waals surface area contributed by atoms with Gasteiger partial charge in [-0.3, -0.25) is 15.6 Å². The largest absolute Gasteiger partial charge is 0.380 e. The number of benzene rings is 2. The summed E-state index contributed by atoms with van der Waals surface area (Å²) in [4.78, 5) is 15.4. The average molecular weight is 442 g/mol. The van der Waals surface area contributed by atoms with Crippen LogP contribution >= 0.6 is 11.3 Å². The molecule has 1 aliphatic rings. The van der Waals surface area contributed by atoms with Crippen LogP contribution in [0.2, 0.25) is 0 Å². The van der Waals surface area contributed by atoms with Gasteiger partial charge in [0, 0.05) is 48.4 Å². The number of carbonyl (C=O) groups is 1. The maximum Gasteiger partial charge on any atom is 0.264 e. The lowest BCUT2D eigenvalue weighted by molar-refractivity contribution is 0.0792. The quantitative estimate of drug-likeness (QED) is 0.534. The number of amides is 1. The van der Waals surface area contributed by atoms with E-state index in [0.717, 1.165) is 24.0 Å². The van der Waals surface area contributed by atoms with Crippen molar-refractivity contribution in [1.29, 1.82) is 0 Å². The summed E-state index contributed by atoms with van der Waals surface area (Å²) in [5, 5.41) is 0.499. The predicted octanol–water partition coefficient (Wildman–Crippen LogP) is 4.65. The second-order valence-electron chi connectivity index (χ2n) is 8.01. The van der Waals surface area contributed by atoms with E-state index in [-0.39, 0.29) is 18.3 Å². The number of hydrogen-bond donors (Lipinski definition) is 2. The lowest BCUT2D eigenvalue weighted by Gasteiger charge is -2.18. The Morgan fingerprint density at radius 3 is 2.77 bits per heavy atom. The van der Waals surface area contributed by atoms with Crippen molar-refractivity contribution in [3.63, 3.8) is 0 Å². The highest BCUT2D eigenvalue weighted by Gasteiger charge is 2.26. The molecule has 1 saturated heterocycles. The third kappa shape index (κ3) is 4.80. The van der Waals surface area contributed by atoms with E-state index < -0.39 is 0 Å². The highest BCUT2D eigenvalue weighted by Crippen LogP contribution is 2.34. The summed E-state index contributed by atoms with van der Waals surface area (Å²) in [6.07, 6.45) is 2.89. The predicted molar refractivity (Wildman–Crippen MR) is 123 cm³/mol. The van der Waals surface area contributed by atoms with Crippen molar-refractivity contribution in [3.8, 4) is 0 Å². The van der Waals surface area contributed by atoms with E-state index in [4.69, 9.17) is 4.74 Å². The number of nitrogens with one attached hydrogen (secondary N) is 2. The lowest BCUT2D eigenvalue weighted by atomic mass is 10.00. The summed E-state index contributed by atoms with van der Waals surface area (Å²) < 4.78 is 20.4. The summed E-state index contributed by atoms with van der Waals surface area (Å²) in [5.74, 6) is -0.386. The van der Waals surface area contributed by atoms with Crippen LogP contribution in [0.1, 0.15) is 46.1 Å². The molecule has 1 aromatic heterocycles. The van der Waals surface area contributed by atoms with Crippen molar-refractivity contribution < 1.29 is 13.9 Å². The van der Waals surface area contributed by atoms with E-state index in [2.05, 4.69) is 35.1 Å². The van der Waals surface area contributed by atoms with E-state index in [0.29, 0.717) is 34.5 Å². The second kappa shape index (κ2) is 9.87. The number of hydrogen-bond acceptors (Lipinski definition) is 5. The van der Waals surface area contributed by atoms with E-state index in [9.17, 15) is 9.18 Å². The Morgan fingerprint density at radius 1 is 1.19 bits per heavy atom. The van der Waals surface area contributed by atoms with Crippen LogP contribution < -0.4 is 10.9 Å². The van der Waals surface area contributed by atoms with Crippen LogP contribution in [0.3, 0.4) is 0 Å². The summed E-state index contributed by atoms with van der Waals surface area (Å²) in [5.41, 5.74) is 8.68. The van der Waals surface area contributed by atoms with Gasteiger partial charge in [0.1, 0.15) is 5.82 Å². The summed E-state index contributed by atoms with van der Waals surface area (Å²) >= 11 is 1.34. The van der Waals surface area contributed by atoms with Crippen LogP contribution in [0.25, 0.3) is 10.1 Å². The summed E-state index contributed by atoms with van der Waals surface area (Å²) in [6.45, 7) is 0.866. The molecule has 0 spiro atoms. The zero-order chi connectivity index (χ0) is 21.8. The molecule has 2 heterocycles. The van der Waals surface area contributed by atoms with Crippen LogP contribution in [0, 0.1) is 5.82 Å². The van der Waals surface area contributed by atoms with Gasteiger partial charge in [0.05, 0.1) is 11.5 Å². The number of hydrazine groups is 1. The molecular formula is C24H28FN3O2S. The zero-order valence-corrected chi connectivity index (χ0v) is 18.7. The molecule has 2 unspecified atom stereocenters. The molecule has 1 fully saturated rings. The minimum absolute atomic E-state index is 0.0766. The first-order valence-corrected chi connectivity index (χ1v) is 11.4. The number of fused-ring (bicyclic) bond motifs is 1. The number of nitrogens with zero attached hydrogens (tertiary/aromatic N) is 1. The van der Waals surface area contributed by atoms with Crippen molar-refractivity contribution in [2.45, 2.75) is 38.0 Å². The lowest BCUT2D eigenvalue weighted by Crippen LogP contribution is -2.32. The topological polar surface area (TPSA) is 53.6 Å². The Kier molecular flexibility index (Phi) is 6.97. The molecule has 7 heteroatoms. The van der Waals surface area contributed by atoms with Gasteiger partial charge in [-0.2, -0.15) is 0 Å². The first kappa shape index (κ1) is 21.9. The molecule has 1 amide bonds. The maximum atomic E-state index is 14.4. The van der Waals surface area contributed by atoms with Crippen molar-refractivity contribution in [2.75, 3.05) is 20.7 Å². The first-order chi connectivity index (χ1) is 15.1. The minimum Gasteiger partial charge on any atom is -0.380 e. The normalized spacial score (nSPS) is 18.5. The number of halogens is 1. The number of ether oxygens (including phenoxy) is 1. The van der Waals surface area contributed by atoms with Crippen LogP contribution in [0.4, 0.5) is 4.39 Å². The van der Waals surface area contributed by atoms with Gasteiger partial charge in [0.2, 0.25) is 0 Å². The third-order valence-electron chi connectivity index (χ3n) is 5.82. The Hall–Kier alpha value is -2.32. The van der Waals surface area contributed by atoms with E-state index in [1.54, 1.807) is 18.1 Å². The van der Waals surface area contributed by atoms with Gasteiger partial charge in [-0.25, -0.2) is 4.39 Å². The monoisotopic (exact) mass is 441 g/mol. The Labute approximate surface area is 186 Å². The van der Waals surface area contributed by atoms with Crippen LogP contribution in [0.5, 0.6) is 0 Å². The Bertz CT molecular complexity index is 1040. The molecule has 0 radical (unpaired) electrons. The van der Waals surface area contributed by atoms with E-state index >= 15 is 0 Å². The van der Waals surface area contributed by atoms with Crippen LogP contribution in [-0.4, -0.2) is 37.6 Å². The number of thiophene rings is 1. The fourth-order valence-electron chi connectivity index (χ4n) is 4.19. The molecule has 31 heavy (non-hydrogen) atoms. The Balaban J connectivity index is 1.35. The fraction of sp³-hybridized carbons (Fsp3) is 0.375. The van der Waals surface area contributed by atoms with Gasteiger partial charge in [0.15, 0.2) is 0 Å². The number of rotatable bonds is 8. The minimum atomic E-state index is -0.310. The molecule has 0 saturated carbocycles. The number of methoxy groups -OCH3 is 1. The Morgan fingerprint density at radius 2 is 2.00 bits per heavy atom. The zero-order valence-electron chi connectivity index (χ0n) is 17.9. The maximum absolute atomic E-state index is 14.4. The van der Waals surface area contributed by atoms with Gasteiger partial charge in [-0.05, 0) is 37.0 Å². The standard InChI is InChI=1S/C24H28FN3O2S/c1-28(13-7-10-17-14-20(27-26-17)16-8-4-3-5-9-16)24(29)23-18(15-30-2)22-19(25)11-6-12-21(22)31-23/h3-6,8-9,11-12,17,20,26-27H,7,10,13-15H2,1-2H3. The van der Waals surface area contributed by atoms with Crippen molar-refractivity contribution in [2.24, 2.45) is 0 Å². The average Bonchev–Trinajstić information content (AvgIpc) is 3.40. The molecule has 0 aliphatic carbocycles. The summed E-state index contributed by atoms with van der Waals surface area (Å²) in [7, 11) is 3.38. The third-order valence-corrected chi connectivity index (χ3v) is 7.01. The van der Waals surface area contributed by atoms with Gasteiger partial charge < -0.3 is 9.64 Å². The highest BCUT2D eigenvalue weighted by atomic mass is 32.1. The fourth-order valence-corrected chi connectivity index (χ4v) is 5.40. The van der Waals surface area contributed by atoms with Gasteiger partial charge in [0.25, 0.3) is 5.91 Å². The van der Waals surface area contributed by atoms with E-state index in [1.807, 2.05) is 19.2 Å². The van der Waals surface area contributed by atoms with Crippen LogP contribution in [0.15, 0.2) is 48.5 Å². The second-order valence-corrected chi connectivity index (χ2v) is 9.06.